The lowest BCUT2D eigenvalue weighted by Gasteiger charge is -2.43. The van der Waals surface area contributed by atoms with Crippen LogP contribution >= 0.6 is 0 Å². The number of carbonyl (C=O) groups is 2. The predicted octanol–water partition coefficient (Wildman–Crippen LogP) is 1.49. The van der Waals surface area contributed by atoms with Gasteiger partial charge >= 0.3 is 5.97 Å². The number of carbonyl (C=O) groups excluding carboxylic acids is 1. The molecule has 0 aromatic heterocycles. The number of ether oxygens (including phenoxy) is 1. The Labute approximate surface area is 143 Å². The largest absolute Gasteiger partial charge is 0.480 e. The zero-order valence-corrected chi connectivity index (χ0v) is 14.7. The van der Waals surface area contributed by atoms with Gasteiger partial charge in [-0.1, -0.05) is 13.8 Å². The van der Waals surface area contributed by atoms with Crippen molar-refractivity contribution in [1.29, 1.82) is 0 Å². The Balaban J connectivity index is 1.45. The van der Waals surface area contributed by atoms with Gasteiger partial charge in [-0.15, -0.1) is 0 Å². The molecule has 2 unspecified atom stereocenters. The molecule has 6 heteroatoms. The van der Waals surface area contributed by atoms with Gasteiger partial charge in [0.1, 0.15) is 0 Å². The summed E-state index contributed by atoms with van der Waals surface area (Å²) in [5.74, 6) is 0.348. The number of amides is 1. The zero-order valence-electron chi connectivity index (χ0n) is 14.7. The lowest BCUT2D eigenvalue weighted by Crippen LogP contribution is -2.56. The molecule has 2 N–H and O–H groups in total. The number of nitrogens with one attached hydrogen (secondary N) is 1. The third kappa shape index (κ3) is 4.28. The van der Waals surface area contributed by atoms with Gasteiger partial charge in [-0.05, 0) is 43.9 Å². The first-order valence-electron chi connectivity index (χ1n) is 9.32. The smallest absolute Gasteiger partial charge is 0.317 e. The van der Waals surface area contributed by atoms with E-state index in [2.05, 4.69) is 24.1 Å². The molecule has 0 aromatic rings. The van der Waals surface area contributed by atoms with Crippen molar-refractivity contribution in [3.05, 3.63) is 0 Å². The Kier molecular flexibility index (Phi) is 5.45. The highest BCUT2D eigenvalue weighted by Gasteiger charge is 2.41. The Bertz CT molecular complexity index is 472. The first kappa shape index (κ1) is 17.7. The minimum absolute atomic E-state index is 0.0271. The molecule has 0 bridgehead atoms. The average Bonchev–Trinajstić information content (AvgIpc) is 3.13. The van der Waals surface area contributed by atoms with Gasteiger partial charge in [0.15, 0.2) is 0 Å². The number of hydrogen-bond acceptors (Lipinski definition) is 4. The molecule has 2 atom stereocenters. The van der Waals surface area contributed by atoms with Crippen LogP contribution < -0.4 is 5.32 Å². The maximum atomic E-state index is 12.5. The molecule has 0 radical (unpaired) electrons. The topological polar surface area (TPSA) is 78.9 Å². The number of carboxylic acids is 1. The summed E-state index contributed by atoms with van der Waals surface area (Å²) in [4.78, 5) is 25.7. The molecule has 136 valence electrons. The predicted molar refractivity (Wildman–Crippen MR) is 89.6 cm³/mol. The normalized spacial score (nSPS) is 32.8. The molecule has 3 aliphatic rings. The van der Waals surface area contributed by atoms with Gasteiger partial charge in [-0.3, -0.25) is 14.5 Å². The van der Waals surface area contributed by atoms with Crippen molar-refractivity contribution >= 4 is 11.9 Å². The van der Waals surface area contributed by atoms with Crippen LogP contribution in [0.15, 0.2) is 0 Å². The number of hydrogen-bond donors (Lipinski definition) is 2. The number of rotatable bonds is 8. The van der Waals surface area contributed by atoms with Gasteiger partial charge in [-0.2, -0.15) is 0 Å². The molecule has 1 amide bonds. The van der Waals surface area contributed by atoms with Crippen LogP contribution in [0.3, 0.4) is 0 Å². The highest BCUT2D eigenvalue weighted by atomic mass is 16.5. The first-order chi connectivity index (χ1) is 11.4. The van der Waals surface area contributed by atoms with E-state index in [0.29, 0.717) is 24.5 Å². The van der Waals surface area contributed by atoms with Crippen LogP contribution in [0.5, 0.6) is 0 Å². The summed E-state index contributed by atoms with van der Waals surface area (Å²) in [6.07, 6.45) is 5.01. The average molecular weight is 338 g/mol. The van der Waals surface area contributed by atoms with Crippen LogP contribution in [-0.2, 0) is 14.3 Å². The summed E-state index contributed by atoms with van der Waals surface area (Å²) >= 11 is 0. The van der Waals surface area contributed by atoms with E-state index >= 15 is 0 Å². The molecule has 24 heavy (non-hydrogen) atoms. The van der Waals surface area contributed by atoms with Crippen LogP contribution in [0.4, 0.5) is 0 Å². The second-order valence-electron chi connectivity index (χ2n) is 8.07. The summed E-state index contributed by atoms with van der Waals surface area (Å²) in [6, 6.07) is 0.485. The van der Waals surface area contributed by atoms with Crippen molar-refractivity contribution in [3.63, 3.8) is 0 Å². The van der Waals surface area contributed by atoms with Gasteiger partial charge < -0.3 is 15.2 Å². The summed E-state index contributed by atoms with van der Waals surface area (Å²) < 4.78 is 5.70. The molecule has 0 spiro atoms. The molecule has 3 rings (SSSR count). The maximum absolute atomic E-state index is 12.5. The minimum Gasteiger partial charge on any atom is -0.480 e. The second kappa shape index (κ2) is 7.40. The second-order valence-corrected chi connectivity index (χ2v) is 8.07. The zero-order chi connectivity index (χ0) is 17.3. The fourth-order valence-corrected chi connectivity index (χ4v) is 4.01. The molecule has 6 nitrogen and oxygen atoms in total. The summed E-state index contributed by atoms with van der Waals surface area (Å²) in [5, 5.41) is 12.3. The molecule has 1 aliphatic heterocycles. The van der Waals surface area contributed by atoms with E-state index in [1.165, 1.54) is 12.8 Å². The lowest BCUT2D eigenvalue weighted by molar-refractivity contribution is -0.140. The summed E-state index contributed by atoms with van der Waals surface area (Å²) in [6.45, 7) is 5.87. The van der Waals surface area contributed by atoms with Crippen LogP contribution in [0.25, 0.3) is 0 Å². The van der Waals surface area contributed by atoms with Crippen molar-refractivity contribution in [2.75, 3.05) is 19.7 Å². The first-order valence-corrected chi connectivity index (χ1v) is 9.32. The van der Waals surface area contributed by atoms with Gasteiger partial charge in [0, 0.05) is 25.2 Å². The molecule has 3 fully saturated rings. The number of carboxylic acid groups (broad SMARTS) is 1. The summed E-state index contributed by atoms with van der Waals surface area (Å²) in [5.41, 5.74) is 0. The van der Waals surface area contributed by atoms with Crippen molar-refractivity contribution in [1.82, 2.24) is 10.2 Å². The van der Waals surface area contributed by atoms with E-state index < -0.39 is 5.97 Å². The Morgan fingerprint density at radius 1 is 1.25 bits per heavy atom. The Hall–Kier alpha value is -1.14. The van der Waals surface area contributed by atoms with E-state index in [1.807, 2.05) is 0 Å². The standard InChI is InChI=1S/C18H30N2O4/c1-11(2)17-15(5-6-24-17)18(23)19-13-7-14(8-13)20(10-16(21)22)9-12-3-4-12/h11-15,17H,3-10H2,1-2H3,(H,19,23)(H,21,22). The van der Waals surface area contributed by atoms with Gasteiger partial charge in [0.25, 0.3) is 0 Å². The van der Waals surface area contributed by atoms with Crippen molar-refractivity contribution in [2.24, 2.45) is 17.8 Å². The van der Waals surface area contributed by atoms with E-state index in [-0.39, 0.29) is 30.5 Å². The summed E-state index contributed by atoms with van der Waals surface area (Å²) in [7, 11) is 0. The Morgan fingerprint density at radius 2 is 1.96 bits per heavy atom. The fourth-order valence-electron chi connectivity index (χ4n) is 4.01. The van der Waals surface area contributed by atoms with E-state index in [4.69, 9.17) is 9.84 Å². The number of aliphatic carboxylic acids is 1. The van der Waals surface area contributed by atoms with Gasteiger partial charge in [0.05, 0.1) is 18.6 Å². The molecule has 0 aromatic carbocycles. The minimum atomic E-state index is -0.758. The maximum Gasteiger partial charge on any atom is 0.317 e. The van der Waals surface area contributed by atoms with Crippen LogP contribution in [0.2, 0.25) is 0 Å². The third-order valence-electron chi connectivity index (χ3n) is 5.63. The quantitative estimate of drug-likeness (QED) is 0.701. The van der Waals surface area contributed by atoms with Crippen LogP contribution in [-0.4, -0.2) is 59.8 Å². The molecular weight excluding hydrogens is 308 g/mol. The molecule has 2 aliphatic carbocycles. The molecule has 2 saturated carbocycles. The van der Waals surface area contributed by atoms with Crippen molar-refractivity contribution < 1.29 is 19.4 Å². The Morgan fingerprint density at radius 3 is 2.54 bits per heavy atom. The highest BCUT2D eigenvalue weighted by Crippen LogP contribution is 2.34. The van der Waals surface area contributed by atoms with E-state index in [0.717, 1.165) is 25.8 Å². The molecule has 1 heterocycles. The fraction of sp³-hybridized carbons (Fsp3) is 0.889. The monoisotopic (exact) mass is 338 g/mol. The van der Waals surface area contributed by atoms with E-state index in [1.54, 1.807) is 0 Å². The third-order valence-corrected chi connectivity index (χ3v) is 5.63. The molecule has 1 saturated heterocycles. The lowest BCUT2D eigenvalue weighted by atomic mass is 9.84. The van der Waals surface area contributed by atoms with Crippen LogP contribution in [0.1, 0.15) is 46.0 Å². The highest BCUT2D eigenvalue weighted by molar-refractivity contribution is 5.80. The van der Waals surface area contributed by atoms with E-state index in [9.17, 15) is 9.59 Å². The van der Waals surface area contributed by atoms with Gasteiger partial charge in [-0.25, -0.2) is 0 Å². The molecular formula is C18H30N2O4. The number of nitrogens with zero attached hydrogens (tertiary/aromatic N) is 1. The van der Waals surface area contributed by atoms with Gasteiger partial charge in [0.2, 0.25) is 5.91 Å². The SMILES string of the molecule is CC(C)C1OCCC1C(=O)NC1CC(N(CC(=O)O)CC2CC2)C1. The van der Waals surface area contributed by atoms with Crippen molar-refractivity contribution in [3.8, 4) is 0 Å². The van der Waals surface area contributed by atoms with Crippen LogP contribution in [0, 0.1) is 17.8 Å². The van der Waals surface area contributed by atoms with Crippen molar-refractivity contribution in [2.45, 2.75) is 64.1 Å².